The quantitative estimate of drug-likeness (QED) is 0.685. The molecule has 0 aliphatic heterocycles. The molecule has 0 aliphatic carbocycles. The summed E-state index contributed by atoms with van der Waals surface area (Å²) in [6.07, 6.45) is 0. The van der Waals surface area contributed by atoms with Crippen molar-refractivity contribution in [1.29, 1.82) is 0 Å². The van der Waals surface area contributed by atoms with Crippen LogP contribution < -0.4 is 0 Å². The molecule has 0 fully saturated rings. The molecule has 19 heavy (non-hydrogen) atoms. The molecule has 2 aromatic carbocycles. The molecule has 2 rings (SSSR count). The third-order valence-corrected chi connectivity index (χ3v) is 4.30. The molecule has 0 nitrogen and oxygen atoms in total. The maximum Gasteiger partial charge on any atom is 0.0149 e. The number of aryl methyl sites for hydroxylation is 4. The summed E-state index contributed by atoms with van der Waals surface area (Å²) >= 11 is 0. The fraction of sp³-hybridized carbons (Fsp3) is 0.368. The lowest BCUT2D eigenvalue weighted by atomic mass is 9.75. The van der Waals surface area contributed by atoms with E-state index in [1.807, 2.05) is 0 Å². The first-order valence-corrected chi connectivity index (χ1v) is 6.98. The molecule has 0 heteroatoms. The van der Waals surface area contributed by atoms with Crippen LogP contribution in [-0.4, -0.2) is 0 Å². The molecule has 100 valence electrons. The summed E-state index contributed by atoms with van der Waals surface area (Å²) in [4.78, 5) is 0. The Labute approximate surface area is 117 Å². The largest absolute Gasteiger partial charge is 0.0590 e. The van der Waals surface area contributed by atoms with E-state index in [0.29, 0.717) is 0 Å². The van der Waals surface area contributed by atoms with Gasteiger partial charge in [-0.3, -0.25) is 0 Å². The van der Waals surface area contributed by atoms with Crippen molar-refractivity contribution in [2.45, 2.75) is 47.0 Å². The summed E-state index contributed by atoms with van der Waals surface area (Å²) in [5.41, 5.74) is 8.30. The molecule has 0 atom stereocenters. The highest BCUT2D eigenvalue weighted by Gasteiger charge is 2.25. The highest BCUT2D eigenvalue weighted by molar-refractivity contribution is 5.45. The lowest BCUT2D eigenvalue weighted by Crippen LogP contribution is -2.20. The summed E-state index contributed by atoms with van der Waals surface area (Å²) in [5, 5.41) is 0. The van der Waals surface area contributed by atoms with E-state index in [2.05, 4.69) is 77.9 Å². The molecule has 2 aromatic rings. The molecule has 0 heterocycles. The molecule has 0 N–H and O–H groups in total. The standard InChI is InChI=1S/C19H24/c1-13-7-8-15(3)18(11-13)19(5,6)17-10-9-14(2)16(4)12-17/h7-12H,1-6H3. The van der Waals surface area contributed by atoms with Crippen LogP contribution in [0.2, 0.25) is 0 Å². The van der Waals surface area contributed by atoms with Crippen molar-refractivity contribution < 1.29 is 0 Å². The van der Waals surface area contributed by atoms with Crippen molar-refractivity contribution >= 4 is 0 Å². The lowest BCUT2D eigenvalue weighted by molar-refractivity contribution is 0.634. The molecule has 0 spiro atoms. The van der Waals surface area contributed by atoms with Gasteiger partial charge in [-0.2, -0.15) is 0 Å². The SMILES string of the molecule is Cc1ccc(C)c(C(C)(C)c2ccc(C)c(C)c2)c1. The average molecular weight is 252 g/mol. The second kappa shape index (κ2) is 4.85. The third-order valence-electron chi connectivity index (χ3n) is 4.30. The van der Waals surface area contributed by atoms with Gasteiger partial charge >= 0.3 is 0 Å². The van der Waals surface area contributed by atoms with Gasteiger partial charge in [0.2, 0.25) is 0 Å². The van der Waals surface area contributed by atoms with Crippen molar-refractivity contribution in [3.8, 4) is 0 Å². The Balaban J connectivity index is 2.57. The fourth-order valence-electron chi connectivity index (χ4n) is 2.69. The van der Waals surface area contributed by atoms with Crippen molar-refractivity contribution in [2.24, 2.45) is 0 Å². The van der Waals surface area contributed by atoms with E-state index in [1.165, 1.54) is 33.4 Å². The van der Waals surface area contributed by atoms with Crippen LogP contribution in [0, 0.1) is 27.7 Å². The van der Waals surface area contributed by atoms with Crippen molar-refractivity contribution in [3.63, 3.8) is 0 Å². The number of benzene rings is 2. The van der Waals surface area contributed by atoms with Gasteiger partial charge in [0.1, 0.15) is 0 Å². The second-order valence-electron chi connectivity index (χ2n) is 6.24. The number of hydrogen-bond donors (Lipinski definition) is 0. The fourth-order valence-corrected chi connectivity index (χ4v) is 2.69. The predicted octanol–water partition coefficient (Wildman–Crippen LogP) is 5.25. The van der Waals surface area contributed by atoms with Crippen LogP contribution in [0.15, 0.2) is 36.4 Å². The summed E-state index contributed by atoms with van der Waals surface area (Å²) in [6.45, 7) is 13.4. The van der Waals surface area contributed by atoms with Gasteiger partial charge in [-0.1, -0.05) is 55.8 Å². The van der Waals surface area contributed by atoms with Crippen molar-refractivity contribution in [3.05, 3.63) is 69.8 Å². The molecule has 0 saturated heterocycles. The molecule has 0 unspecified atom stereocenters. The Kier molecular flexibility index (Phi) is 3.54. The highest BCUT2D eigenvalue weighted by Crippen LogP contribution is 2.34. The zero-order valence-electron chi connectivity index (χ0n) is 13.0. The minimum atomic E-state index is 0.0502. The Morgan fingerprint density at radius 3 is 1.95 bits per heavy atom. The minimum Gasteiger partial charge on any atom is -0.0590 e. The van der Waals surface area contributed by atoms with Gasteiger partial charge in [-0.15, -0.1) is 0 Å². The Bertz CT molecular complexity index is 603. The lowest BCUT2D eigenvalue weighted by Gasteiger charge is -2.29. The second-order valence-corrected chi connectivity index (χ2v) is 6.24. The van der Waals surface area contributed by atoms with Crippen LogP contribution in [0.5, 0.6) is 0 Å². The first-order chi connectivity index (χ1) is 8.82. The Morgan fingerprint density at radius 2 is 1.32 bits per heavy atom. The zero-order chi connectivity index (χ0) is 14.2. The van der Waals surface area contributed by atoms with E-state index in [-0.39, 0.29) is 5.41 Å². The molecular formula is C19H24. The smallest absolute Gasteiger partial charge is 0.0149 e. The van der Waals surface area contributed by atoms with Crippen LogP contribution in [0.25, 0.3) is 0 Å². The van der Waals surface area contributed by atoms with Gasteiger partial charge < -0.3 is 0 Å². The zero-order valence-corrected chi connectivity index (χ0v) is 13.0. The monoisotopic (exact) mass is 252 g/mol. The summed E-state index contributed by atoms with van der Waals surface area (Å²) < 4.78 is 0. The average Bonchev–Trinajstić information content (AvgIpc) is 2.35. The van der Waals surface area contributed by atoms with Crippen molar-refractivity contribution in [2.75, 3.05) is 0 Å². The van der Waals surface area contributed by atoms with E-state index >= 15 is 0 Å². The maximum atomic E-state index is 2.33. The minimum absolute atomic E-state index is 0.0502. The molecule has 0 amide bonds. The summed E-state index contributed by atoms with van der Waals surface area (Å²) in [5.74, 6) is 0. The Morgan fingerprint density at radius 1 is 0.684 bits per heavy atom. The number of hydrogen-bond acceptors (Lipinski definition) is 0. The molecule has 0 radical (unpaired) electrons. The van der Waals surface area contributed by atoms with Crippen molar-refractivity contribution in [1.82, 2.24) is 0 Å². The maximum absolute atomic E-state index is 2.33. The van der Waals surface area contributed by atoms with Gasteiger partial charge in [-0.25, -0.2) is 0 Å². The van der Waals surface area contributed by atoms with E-state index < -0.39 is 0 Å². The first-order valence-electron chi connectivity index (χ1n) is 6.98. The third kappa shape index (κ3) is 2.58. The van der Waals surface area contributed by atoms with Gasteiger partial charge in [-0.05, 0) is 55.5 Å². The van der Waals surface area contributed by atoms with E-state index in [0.717, 1.165) is 0 Å². The van der Waals surface area contributed by atoms with E-state index in [9.17, 15) is 0 Å². The Hall–Kier alpha value is -1.56. The predicted molar refractivity (Wildman–Crippen MR) is 84.0 cm³/mol. The highest BCUT2D eigenvalue weighted by atomic mass is 14.3. The van der Waals surface area contributed by atoms with Crippen LogP contribution in [0.1, 0.15) is 47.2 Å². The van der Waals surface area contributed by atoms with E-state index in [1.54, 1.807) is 0 Å². The first kappa shape index (κ1) is 13.9. The van der Waals surface area contributed by atoms with Crippen LogP contribution >= 0.6 is 0 Å². The molecular weight excluding hydrogens is 228 g/mol. The summed E-state index contributed by atoms with van der Waals surface area (Å²) in [7, 11) is 0. The van der Waals surface area contributed by atoms with Gasteiger partial charge in [0.25, 0.3) is 0 Å². The molecule has 0 aromatic heterocycles. The normalized spacial score (nSPS) is 11.7. The van der Waals surface area contributed by atoms with Gasteiger partial charge in [0, 0.05) is 5.41 Å². The van der Waals surface area contributed by atoms with E-state index in [4.69, 9.17) is 0 Å². The topological polar surface area (TPSA) is 0 Å². The number of rotatable bonds is 2. The molecule has 0 bridgehead atoms. The van der Waals surface area contributed by atoms with Gasteiger partial charge in [0.15, 0.2) is 0 Å². The molecule has 0 saturated carbocycles. The summed E-state index contributed by atoms with van der Waals surface area (Å²) in [6, 6.07) is 13.6. The van der Waals surface area contributed by atoms with Gasteiger partial charge in [0.05, 0.1) is 0 Å². The van der Waals surface area contributed by atoms with Crippen LogP contribution in [-0.2, 0) is 5.41 Å². The van der Waals surface area contributed by atoms with Crippen LogP contribution in [0.4, 0.5) is 0 Å². The molecule has 0 aliphatic rings. The van der Waals surface area contributed by atoms with Crippen LogP contribution in [0.3, 0.4) is 0 Å².